The fourth-order valence-electron chi connectivity index (χ4n) is 1.85. The maximum atomic E-state index is 13.5. The quantitative estimate of drug-likeness (QED) is 0.851. The Morgan fingerprint density at radius 2 is 1.94 bits per heavy atom. The molecule has 0 radical (unpaired) electrons. The lowest BCUT2D eigenvalue weighted by atomic mass is 10.1. The Morgan fingerprint density at radius 3 is 2.39 bits per heavy atom. The molecule has 1 aromatic rings. The third-order valence-corrected chi connectivity index (χ3v) is 2.92. The SMILES string of the molecule is CCN(Cc1c(F)cccc1F)C(C)CC(=O)O. The molecule has 5 heteroatoms. The van der Waals surface area contributed by atoms with Gasteiger partial charge in [-0.3, -0.25) is 9.69 Å². The average molecular weight is 257 g/mol. The summed E-state index contributed by atoms with van der Waals surface area (Å²) < 4.78 is 27.0. The van der Waals surface area contributed by atoms with Crippen LogP contribution in [0.3, 0.4) is 0 Å². The monoisotopic (exact) mass is 257 g/mol. The zero-order valence-electron chi connectivity index (χ0n) is 10.5. The zero-order chi connectivity index (χ0) is 13.7. The molecule has 18 heavy (non-hydrogen) atoms. The molecular formula is C13H17F2NO2. The molecule has 0 bridgehead atoms. The standard InChI is InChI=1S/C13H17F2NO2/c1-3-16(9(2)7-13(17)18)8-10-11(14)5-4-6-12(10)15/h4-6,9H,3,7-8H2,1-2H3,(H,17,18). The van der Waals surface area contributed by atoms with Crippen LogP contribution in [0.2, 0.25) is 0 Å². The van der Waals surface area contributed by atoms with E-state index in [4.69, 9.17) is 5.11 Å². The van der Waals surface area contributed by atoms with Gasteiger partial charge in [0.15, 0.2) is 0 Å². The van der Waals surface area contributed by atoms with Gasteiger partial charge in [-0.2, -0.15) is 0 Å². The number of aliphatic carboxylic acids is 1. The molecule has 1 N–H and O–H groups in total. The molecule has 100 valence electrons. The molecular weight excluding hydrogens is 240 g/mol. The molecule has 0 saturated carbocycles. The molecule has 0 heterocycles. The van der Waals surface area contributed by atoms with Crippen LogP contribution in [0.15, 0.2) is 18.2 Å². The molecule has 0 aliphatic carbocycles. The van der Waals surface area contributed by atoms with Gasteiger partial charge in [0.05, 0.1) is 6.42 Å². The number of hydrogen-bond acceptors (Lipinski definition) is 2. The Bertz CT molecular complexity index is 403. The number of carboxylic acid groups (broad SMARTS) is 1. The minimum Gasteiger partial charge on any atom is -0.481 e. The fourth-order valence-corrected chi connectivity index (χ4v) is 1.85. The summed E-state index contributed by atoms with van der Waals surface area (Å²) >= 11 is 0. The van der Waals surface area contributed by atoms with Gasteiger partial charge in [0.1, 0.15) is 11.6 Å². The summed E-state index contributed by atoms with van der Waals surface area (Å²) in [6.07, 6.45) is -0.0517. The Balaban J connectivity index is 2.82. The van der Waals surface area contributed by atoms with Gasteiger partial charge >= 0.3 is 5.97 Å². The predicted molar refractivity (Wildman–Crippen MR) is 64.2 cm³/mol. The van der Waals surface area contributed by atoms with Crippen LogP contribution in [0.5, 0.6) is 0 Å². The van der Waals surface area contributed by atoms with Gasteiger partial charge in [0.25, 0.3) is 0 Å². The lowest BCUT2D eigenvalue weighted by Crippen LogP contribution is -2.34. The topological polar surface area (TPSA) is 40.5 Å². The normalized spacial score (nSPS) is 12.7. The van der Waals surface area contributed by atoms with Crippen LogP contribution in [0, 0.1) is 11.6 Å². The van der Waals surface area contributed by atoms with Crippen molar-refractivity contribution >= 4 is 5.97 Å². The third-order valence-electron chi connectivity index (χ3n) is 2.92. The largest absolute Gasteiger partial charge is 0.481 e. The minimum absolute atomic E-state index is 0.0170. The van der Waals surface area contributed by atoms with E-state index in [1.807, 2.05) is 6.92 Å². The number of nitrogens with zero attached hydrogens (tertiary/aromatic N) is 1. The van der Waals surface area contributed by atoms with Gasteiger partial charge in [0.2, 0.25) is 0 Å². The first-order valence-electron chi connectivity index (χ1n) is 5.84. The summed E-state index contributed by atoms with van der Waals surface area (Å²) in [5.41, 5.74) is -0.0170. The first kappa shape index (κ1) is 14.6. The lowest BCUT2D eigenvalue weighted by molar-refractivity contribution is -0.138. The second-order valence-corrected chi connectivity index (χ2v) is 4.21. The molecule has 0 aliphatic heterocycles. The molecule has 0 amide bonds. The molecule has 0 fully saturated rings. The van der Waals surface area contributed by atoms with E-state index in [1.165, 1.54) is 18.2 Å². The maximum absolute atomic E-state index is 13.5. The van der Waals surface area contributed by atoms with Gasteiger partial charge in [-0.1, -0.05) is 13.0 Å². The molecule has 0 aliphatic rings. The van der Waals surface area contributed by atoms with Crippen LogP contribution in [0.1, 0.15) is 25.8 Å². The van der Waals surface area contributed by atoms with E-state index in [2.05, 4.69) is 0 Å². The van der Waals surface area contributed by atoms with Crippen molar-refractivity contribution in [3.63, 3.8) is 0 Å². The number of hydrogen-bond donors (Lipinski definition) is 1. The summed E-state index contributed by atoms with van der Waals surface area (Å²) in [5.74, 6) is -2.12. The van der Waals surface area contributed by atoms with E-state index in [0.717, 1.165) is 0 Å². The van der Waals surface area contributed by atoms with E-state index in [0.29, 0.717) is 6.54 Å². The van der Waals surface area contributed by atoms with Crippen molar-refractivity contribution in [1.82, 2.24) is 4.90 Å². The van der Waals surface area contributed by atoms with Crippen LogP contribution in [-0.4, -0.2) is 28.6 Å². The van der Waals surface area contributed by atoms with Gasteiger partial charge in [-0.05, 0) is 25.6 Å². The minimum atomic E-state index is -0.921. The lowest BCUT2D eigenvalue weighted by Gasteiger charge is -2.27. The van der Waals surface area contributed by atoms with Crippen molar-refractivity contribution in [1.29, 1.82) is 0 Å². The van der Waals surface area contributed by atoms with Crippen LogP contribution < -0.4 is 0 Å². The summed E-state index contributed by atoms with van der Waals surface area (Å²) in [6, 6.07) is 3.44. The molecule has 0 aromatic heterocycles. The van der Waals surface area contributed by atoms with Crippen LogP contribution in [0.25, 0.3) is 0 Å². The van der Waals surface area contributed by atoms with Crippen molar-refractivity contribution < 1.29 is 18.7 Å². The van der Waals surface area contributed by atoms with Crippen molar-refractivity contribution in [3.05, 3.63) is 35.4 Å². The number of halogens is 2. The molecule has 3 nitrogen and oxygen atoms in total. The summed E-state index contributed by atoms with van der Waals surface area (Å²) in [4.78, 5) is 12.4. The average Bonchev–Trinajstić information content (AvgIpc) is 2.27. The maximum Gasteiger partial charge on any atom is 0.304 e. The summed E-state index contributed by atoms with van der Waals surface area (Å²) in [6.45, 7) is 4.17. The second kappa shape index (κ2) is 6.44. The van der Waals surface area contributed by atoms with Crippen molar-refractivity contribution in [2.75, 3.05) is 6.54 Å². The number of carbonyl (C=O) groups is 1. The van der Waals surface area contributed by atoms with E-state index in [1.54, 1.807) is 11.8 Å². The molecule has 0 spiro atoms. The molecule has 1 aromatic carbocycles. The molecule has 0 saturated heterocycles. The first-order chi connectivity index (χ1) is 8.45. The number of carboxylic acids is 1. The Kier molecular flexibility index (Phi) is 5.22. The van der Waals surface area contributed by atoms with Crippen LogP contribution >= 0.6 is 0 Å². The summed E-state index contributed by atoms with van der Waals surface area (Å²) in [5, 5.41) is 8.73. The smallest absolute Gasteiger partial charge is 0.304 e. The van der Waals surface area contributed by atoms with Crippen LogP contribution in [0.4, 0.5) is 8.78 Å². The highest BCUT2D eigenvalue weighted by Gasteiger charge is 2.18. The zero-order valence-corrected chi connectivity index (χ0v) is 10.5. The number of rotatable bonds is 6. The highest BCUT2D eigenvalue weighted by molar-refractivity contribution is 5.67. The number of benzene rings is 1. The summed E-state index contributed by atoms with van der Waals surface area (Å²) in [7, 11) is 0. The first-order valence-corrected chi connectivity index (χ1v) is 5.84. The van der Waals surface area contributed by atoms with Gasteiger partial charge < -0.3 is 5.11 Å². The molecule has 1 unspecified atom stereocenters. The Labute approximate surface area is 105 Å². The van der Waals surface area contributed by atoms with Gasteiger partial charge in [0, 0.05) is 18.2 Å². The molecule has 1 rings (SSSR count). The van der Waals surface area contributed by atoms with Crippen molar-refractivity contribution in [2.45, 2.75) is 32.9 Å². The second-order valence-electron chi connectivity index (χ2n) is 4.21. The highest BCUT2D eigenvalue weighted by atomic mass is 19.1. The van der Waals surface area contributed by atoms with E-state index in [9.17, 15) is 13.6 Å². The predicted octanol–water partition coefficient (Wildman–Crippen LogP) is 2.65. The third kappa shape index (κ3) is 3.77. The van der Waals surface area contributed by atoms with E-state index < -0.39 is 17.6 Å². The Hall–Kier alpha value is -1.49. The van der Waals surface area contributed by atoms with E-state index in [-0.39, 0.29) is 24.6 Å². The van der Waals surface area contributed by atoms with Crippen molar-refractivity contribution in [3.8, 4) is 0 Å². The van der Waals surface area contributed by atoms with Gasteiger partial charge in [-0.25, -0.2) is 8.78 Å². The van der Waals surface area contributed by atoms with Gasteiger partial charge in [-0.15, -0.1) is 0 Å². The highest BCUT2D eigenvalue weighted by Crippen LogP contribution is 2.17. The van der Waals surface area contributed by atoms with Crippen LogP contribution in [-0.2, 0) is 11.3 Å². The fraction of sp³-hybridized carbons (Fsp3) is 0.462. The van der Waals surface area contributed by atoms with E-state index >= 15 is 0 Å². The Morgan fingerprint density at radius 1 is 1.39 bits per heavy atom. The van der Waals surface area contributed by atoms with Crippen molar-refractivity contribution in [2.24, 2.45) is 0 Å². The molecule has 1 atom stereocenters.